The fraction of sp³-hybridized carbons (Fsp3) is 0.750. The zero-order valence-corrected chi connectivity index (χ0v) is 14.7. The smallest absolute Gasteiger partial charge is 0.333 e. The Balaban J connectivity index is 3.02. The van der Waals surface area contributed by atoms with Crippen molar-refractivity contribution in [3.05, 3.63) is 0 Å². The Morgan fingerprint density at radius 1 is 1.17 bits per heavy atom. The van der Waals surface area contributed by atoms with Gasteiger partial charge in [0.15, 0.2) is 0 Å². The predicted molar refractivity (Wildman–Crippen MR) is 82.0 cm³/mol. The molecule has 1 aliphatic rings. The number of barbiturate groups is 1. The second kappa shape index (κ2) is 8.65. The summed E-state index contributed by atoms with van der Waals surface area (Å²) in [4.78, 5) is 38.1. The molecule has 1 saturated heterocycles. The van der Waals surface area contributed by atoms with Crippen LogP contribution in [0.4, 0.5) is 4.79 Å². The molecule has 0 aliphatic carbocycles. The number of nitrogens with zero attached hydrogens (tertiary/aromatic N) is 2. The van der Waals surface area contributed by atoms with Gasteiger partial charge in [0.05, 0.1) is 5.75 Å². The van der Waals surface area contributed by atoms with Gasteiger partial charge >= 0.3 is 6.03 Å². The minimum Gasteiger partial charge on any atom is -0.772 e. The first kappa shape index (κ1) is 20.7. The fourth-order valence-corrected chi connectivity index (χ4v) is 3.00. The first-order valence-electron chi connectivity index (χ1n) is 7.26. The number of carbonyl (C=O) groups excluding carboxylic acids is 3. The summed E-state index contributed by atoms with van der Waals surface area (Å²) in [5.74, 6) is -4.13. The van der Waals surface area contributed by atoms with Crippen molar-refractivity contribution in [2.75, 3.05) is 24.6 Å². The Morgan fingerprint density at radius 3 is 2.17 bits per heavy atom. The number of carbonyl (C=O) groups is 3. The van der Waals surface area contributed by atoms with Gasteiger partial charge < -0.3 is 4.55 Å². The lowest BCUT2D eigenvalue weighted by Gasteiger charge is -2.37. The molecule has 12 heteroatoms. The highest BCUT2D eigenvalue weighted by atomic mass is 32.2. The van der Waals surface area contributed by atoms with Crippen molar-refractivity contribution in [1.82, 2.24) is 9.80 Å². The third kappa shape index (κ3) is 5.61. The molecule has 0 aromatic rings. The Labute approximate surface area is 142 Å². The number of urea groups is 1. The van der Waals surface area contributed by atoms with Crippen LogP contribution in [0.1, 0.15) is 26.2 Å². The summed E-state index contributed by atoms with van der Waals surface area (Å²) < 4.78 is 51.8. The zero-order chi connectivity index (χ0) is 18.5. The fourth-order valence-electron chi connectivity index (χ4n) is 2.26. The quantitative estimate of drug-likeness (QED) is 0.313. The molecule has 0 spiro atoms. The van der Waals surface area contributed by atoms with Gasteiger partial charge in [0.25, 0.3) is 10.1 Å². The van der Waals surface area contributed by atoms with Crippen molar-refractivity contribution in [2.24, 2.45) is 5.92 Å². The highest BCUT2D eigenvalue weighted by Gasteiger charge is 2.45. The van der Waals surface area contributed by atoms with Gasteiger partial charge in [0, 0.05) is 18.8 Å². The molecule has 1 rings (SSSR count). The van der Waals surface area contributed by atoms with Crippen LogP contribution in [0.2, 0.25) is 0 Å². The van der Waals surface area contributed by atoms with E-state index < -0.39 is 69.6 Å². The van der Waals surface area contributed by atoms with Crippen molar-refractivity contribution >= 4 is 39.0 Å². The lowest BCUT2D eigenvalue weighted by Crippen LogP contribution is -2.61. The molecule has 1 N–H and O–H groups in total. The summed E-state index contributed by atoms with van der Waals surface area (Å²) in [6.07, 6.45) is 1.39. The lowest BCUT2D eigenvalue weighted by atomic mass is 9.97. The number of hydrogen-bond donors (Lipinski definition) is 1. The molecule has 138 valence electrons. The summed E-state index contributed by atoms with van der Waals surface area (Å²) >= 11 is -2.49. The molecule has 2 atom stereocenters. The largest absolute Gasteiger partial charge is 0.772 e. The summed E-state index contributed by atoms with van der Waals surface area (Å²) in [5.41, 5.74) is 0. The number of imide groups is 2. The number of hydrogen-bond acceptors (Lipinski definition) is 7. The van der Waals surface area contributed by atoms with Gasteiger partial charge in [-0.1, -0.05) is 30.8 Å². The molecule has 0 aromatic heterocycles. The standard InChI is InChI=1S/C12H20N2O8S2/c1-2-3-4-9-10(15)13(5-7-23(18)19)12(17)14(11(9)16)6-8-24(20,21)22/h9H,2-8H2,1H3,(H,18,19)(H,20,21,22)/p-1. The molecule has 0 aromatic carbocycles. The summed E-state index contributed by atoms with van der Waals surface area (Å²) in [5, 5.41) is 0. The predicted octanol–water partition coefficient (Wildman–Crippen LogP) is -0.649. The van der Waals surface area contributed by atoms with Crippen molar-refractivity contribution in [3.8, 4) is 0 Å². The van der Waals surface area contributed by atoms with Crippen LogP contribution in [0, 0.1) is 5.92 Å². The maximum absolute atomic E-state index is 12.3. The van der Waals surface area contributed by atoms with Crippen LogP contribution in [-0.4, -0.2) is 74.0 Å². The second-order valence-corrected chi connectivity index (χ2v) is 7.84. The number of amides is 4. The van der Waals surface area contributed by atoms with Crippen LogP contribution in [0.5, 0.6) is 0 Å². The third-order valence-corrected chi connectivity index (χ3v) is 4.71. The van der Waals surface area contributed by atoms with Crippen LogP contribution in [0.3, 0.4) is 0 Å². The summed E-state index contributed by atoms with van der Waals surface area (Å²) in [6.45, 7) is 0.812. The van der Waals surface area contributed by atoms with Crippen molar-refractivity contribution in [1.29, 1.82) is 0 Å². The highest BCUT2D eigenvalue weighted by molar-refractivity contribution is 7.85. The Kier molecular flexibility index (Phi) is 7.45. The molecule has 24 heavy (non-hydrogen) atoms. The molecule has 10 nitrogen and oxygen atoms in total. The van der Waals surface area contributed by atoms with Crippen molar-refractivity contribution in [3.63, 3.8) is 0 Å². The molecular weight excluding hydrogens is 364 g/mol. The van der Waals surface area contributed by atoms with Gasteiger partial charge in [0.2, 0.25) is 11.8 Å². The van der Waals surface area contributed by atoms with Gasteiger partial charge in [-0.25, -0.2) is 4.79 Å². The molecule has 0 saturated carbocycles. The number of rotatable bonds is 9. The third-order valence-electron chi connectivity index (χ3n) is 3.49. The minimum atomic E-state index is -4.41. The van der Waals surface area contributed by atoms with Gasteiger partial charge in [-0.05, 0) is 6.42 Å². The SMILES string of the molecule is CCCCC1C(=O)N(CCS(=O)[O-])C(=O)N(CCS(=O)(=O)O)C1=O. The van der Waals surface area contributed by atoms with Gasteiger partial charge in [-0.15, -0.1) is 0 Å². The van der Waals surface area contributed by atoms with Crippen LogP contribution in [0.15, 0.2) is 0 Å². The number of unbranched alkanes of at least 4 members (excludes halogenated alkanes) is 1. The normalized spacial score (nSPS) is 20.6. The van der Waals surface area contributed by atoms with Crippen LogP contribution >= 0.6 is 0 Å². The van der Waals surface area contributed by atoms with E-state index in [-0.39, 0.29) is 6.42 Å². The van der Waals surface area contributed by atoms with Crippen LogP contribution in [0.25, 0.3) is 0 Å². The zero-order valence-electron chi connectivity index (χ0n) is 13.0. The average molecular weight is 383 g/mol. The highest BCUT2D eigenvalue weighted by Crippen LogP contribution is 2.22. The van der Waals surface area contributed by atoms with Gasteiger partial charge in [-0.3, -0.25) is 28.2 Å². The van der Waals surface area contributed by atoms with E-state index in [1.165, 1.54) is 0 Å². The van der Waals surface area contributed by atoms with Gasteiger partial charge in [0.1, 0.15) is 5.92 Å². The van der Waals surface area contributed by atoms with E-state index >= 15 is 0 Å². The van der Waals surface area contributed by atoms with E-state index in [0.29, 0.717) is 22.6 Å². The molecule has 1 aliphatic heterocycles. The van der Waals surface area contributed by atoms with E-state index in [1.807, 2.05) is 6.92 Å². The topological polar surface area (TPSA) is 152 Å². The summed E-state index contributed by atoms with van der Waals surface area (Å²) in [7, 11) is -4.41. The molecule has 0 bridgehead atoms. The monoisotopic (exact) mass is 383 g/mol. The Bertz CT molecular complexity index is 633. The molecule has 0 radical (unpaired) electrons. The maximum atomic E-state index is 12.3. The van der Waals surface area contributed by atoms with Crippen LogP contribution in [-0.2, 0) is 30.8 Å². The molecular formula is C12H19N2O8S2-. The minimum absolute atomic E-state index is 0.167. The van der Waals surface area contributed by atoms with E-state index in [2.05, 4.69) is 0 Å². The molecule has 1 fully saturated rings. The van der Waals surface area contributed by atoms with E-state index in [4.69, 9.17) is 4.55 Å². The maximum Gasteiger partial charge on any atom is 0.333 e. The molecule has 2 unspecified atom stereocenters. The molecule has 1 heterocycles. The lowest BCUT2D eigenvalue weighted by molar-refractivity contribution is -0.149. The summed E-state index contributed by atoms with van der Waals surface area (Å²) in [6, 6.07) is -1.08. The Hall–Kier alpha value is -1.37. The second-order valence-electron chi connectivity index (χ2n) is 5.25. The van der Waals surface area contributed by atoms with Crippen molar-refractivity contribution in [2.45, 2.75) is 26.2 Å². The van der Waals surface area contributed by atoms with E-state index in [0.717, 1.165) is 0 Å². The first-order valence-corrected chi connectivity index (χ1v) is 10.1. The first-order chi connectivity index (χ1) is 11.1. The average Bonchev–Trinajstić information content (AvgIpc) is 2.45. The Morgan fingerprint density at radius 2 is 1.71 bits per heavy atom. The van der Waals surface area contributed by atoms with Gasteiger partial charge in [-0.2, -0.15) is 8.42 Å². The van der Waals surface area contributed by atoms with E-state index in [1.54, 1.807) is 0 Å². The van der Waals surface area contributed by atoms with Crippen LogP contribution < -0.4 is 0 Å². The molecule has 4 amide bonds. The van der Waals surface area contributed by atoms with Crippen molar-refractivity contribution < 1.29 is 36.1 Å². The van der Waals surface area contributed by atoms with E-state index in [9.17, 15) is 31.6 Å².